The van der Waals surface area contributed by atoms with Crippen molar-refractivity contribution in [3.63, 3.8) is 0 Å². The van der Waals surface area contributed by atoms with Crippen molar-refractivity contribution in [1.82, 2.24) is 10.2 Å². The molecule has 230 valence electrons. The summed E-state index contributed by atoms with van der Waals surface area (Å²) in [6, 6.07) is 27.7. The summed E-state index contributed by atoms with van der Waals surface area (Å²) in [5.41, 5.74) is 1.60. The van der Waals surface area contributed by atoms with Crippen LogP contribution in [0.2, 0.25) is 5.02 Å². The average Bonchev–Trinajstić information content (AvgIpc) is 3.02. The van der Waals surface area contributed by atoms with Crippen LogP contribution in [0.1, 0.15) is 31.4 Å². The first-order valence-corrected chi connectivity index (χ1v) is 16.1. The number of nitrogens with zero attached hydrogens (tertiary/aromatic N) is 2. The molecule has 0 saturated heterocycles. The second kappa shape index (κ2) is 15.0. The molecule has 0 radical (unpaired) electrons. The first kappa shape index (κ1) is 32.7. The van der Waals surface area contributed by atoms with Crippen LogP contribution in [0.15, 0.2) is 114 Å². The van der Waals surface area contributed by atoms with E-state index in [4.69, 9.17) is 11.6 Å². The molecule has 4 aromatic carbocycles. The van der Waals surface area contributed by atoms with Gasteiger partial charge in [0.15, 0.2) is 0 Å². The summed E-state index contributed by atoms with van der Waals surface area (Å²) in [6.07, 6.45) is 0.872. The molecule has 0 spiro atoms. The third-order valence-corrected chi connectivity index (χ3v) is 9.26. The number of carbonyl (C=O) groups excluding carboxylic acids is 2. The van der Waals surface area contributed by atoms with Crippen molar-refractivity contribution < 1.29 is 22.4 Å². The highest BCUT2D eigenvalue weighted by Gasteiger charge is 2.35. The lowest BCUT2D eigenvalue weighted by Crippen LogP contribution is -2.54. The highest BCUT2D eigenvalue weighted by atomic mass is 35.5. The minimum Gasteiger partial charge on any atom is -0.352 e. The maximum absolute atomic E-state index is 14.4. The Morgan fingerprint density at radius 3 is 2.09 bits per heavy atom. The first-order valence-electron chi connectivity index (χ1n) is 14.3. The lowest BCUT2D eigenvalue weighted by atomic mass is 10.0. The van der Waals surface area contributed by atoms with Gasteiger partial charge in [-0.3, -0.25) is 13.9 Å². The van der Waals surface area contributed by atoms with Gasteiger partial charge in [-0.15, -0.1) is 0 Å². The van der Waals surface area contributed by atoms with Gasteiger partial charge in [0, 0.05) is 24.0 Å². The number of amides is 2. The van der Waals surface area contributed by atoms with Crippen LogP contribution < -0.4 is 9.62 Å². The number of sulfonamides is 1. The van der Waals surface area contributed by atoms with Crippen molar-refractivity contribution in [2.75, 3.05) is 10.8 Å². The number of anilines is 1. The Kier molecular flexibility index (Phi) is 11.1. The quantitative estimate of drug-likeness (QED) is 0.189. The second-order valence-electron chi connectivity index (χ2n) is 10.5. The third-order valence-electron chi connectivity index (χ3n) is 7.24. The summed E-state index contributed by atoms with van der Waals surface area (Å²) in [6.45, 7) is 3.18. The van der Waals surface area contributed by atoms with Gasteiger partial charge in [0.05, 0.1) is 10.6 Å². The van der Waals surface area contributed by atoms with Crippen LogP contribution in [0.3, 0.4) is 0 Å². The summed E-state index contributed by atoms with van der Waals surface area (Å²) in [5, 5.41) is 3.45. The summed E-state index contributed by atoms with van der Waals surface area (Å²) in [4.78, 5) is 29.6. The van der Waals surface area contributed by atoms with Crippen molar-refractivity contribution in [3.05, 3.63) is 131 Å². The number of hydrogen-bond donors (Lipinski definition) is 1. The van der Waals surface area contributed by atoms with Crippen LogP contribution in [-0.2, 0) is 32.6 Å². The molecule has 0 aromatic heterocycles. The van der Waals surface area contributed by atoms with E-state index in [2.05, 4.69) is 5.32 Å². The Morgan fingerprint density at radius 1 is 0.864 bits per heavy atom. The molecule has 0 fully saturated rings. The SMILES string of the molecule is CC[C@@H](C)NC(=O)[C@H](Cc1ccccc1)N(Cc1cccc(Cl)c1)C(=O)CN(c1ccc(F)cc1)S(=O)(=O)c1ccccc1. The van der Waals surface area contributed by atoms with Crippen molar-refractivity contribution in [2.45, 2.75) is 50.2 Å². The molecule has 4 aromatic rings. The van der Waals surface area contributed by atoms with E-state index in [-0.39, 0.29) is 35.5 Å². The number of halogens is 2. The van der Waals surface area contributed by atoms with Gasteiger partial charge < -0.3 is 10.2 Å². The normalized spacial score (nSPS) is 12.6. The molecule has 4 rings (SSSR count). The molecule has 0 saturated carbocycles. The maximum Gasteiger partial charge on any atom is 0.264 e. The maximum atomic E-state index is 14.4. The van der Waals surface area contributed by atoms with E-state index in [1.54, 1.807) is 42.5 Å². The monoisotopic (exact) mass is 635 g/mol. The fraction of sp³-hybridized carbons (Fsp3) is 0.235. The molecule has 2 atom stereocenters. The van der Waals surface area contributed by atoms with Gasteiger partial charge in [-0.1, -0.05) is 79.2 Å². The largest absolute Gasteiger partial charge is 0.352 e. The van der Waals surface area contributed by atoms with Gasteiger partial charge in [0.25, 0.3) is 10.0 Å². The molecule has 0 unspecified atom stereocenters. The second-order valence-corrected chi connectivity index (χ2v) is 12.8. The highest BCUT2D eigenvalue weighted by Crippen LogP contribution is 2.25. The van der Waals surface area contributed by atoms with Gasteiger partial charge >= 0.3 is 0 Å². The van der Waals surface area contributed by atoms with Crippen molar-refractivity contribution in [3.8, 4) is 0 Å². The Labute approximate surface area is 263 Å². The lowest BCUT2D eigenvalue weighted by molar-refractivity contribution is -0.140. The summed E-state index contributed by atoms with van der Waals surface area (Å²) >= 11 is 6.27. The number of hydrogen-bond acceptors (Lipinski definition) is 4. The van der Waals surface area contributed by atoms with E-state index in [0.29, 0.717) is 17.0 Å². The van der Waals surface area contributed by atoms with E-state index in [1.807, 2.05) is 44.2 Å². The molecule has 0 aliphatic carbocycles. The molecule has 0 aliphatic rings. The Hall–Kier alpha value is -4.21. The highest BCUT2D eigenvalue weighted by molar-refractivity contribution is 7.92. The third kappa shape index (κ3) is 8.45. The average molecular weight is 636 g/mol. The van der Waals surface area contributed by atoms with Gasteiger partial charge in [0.1, 0.15) is 18.4 Å². The Morgan fingerprint density at radius 2 is 1.48 bits per heavy atom. The fourth-order valence-corrected chi connectivity index (χ4v) is 6.33. The van der Waals surface area contributed by atoms with Crippen LogP contribution in [0.5, 0.6) is 0 Å². The molecule has 2 amide bonds. The van der Waals surface area contributed by atoms with Gasteiger partial charge in [-0.25, -0.2) is 12.8 Å². The standard InChI is InChI=1S/C34H35ClFN3O4S/c1-3-25(2)37-34(41)32(22-26-11-6-4-7-12-26)38(23-27-13-10-14-28(35)21-27)33(40)24-39(30-19-17-29(36)18-20-30)44(42,43)31-15-8-5-9-16-31/h4-21,25,32H,3,22-24H2,1-2H3,(H,37,41)/t25-,32+/m1/s1. The number of benzene rings is 4. The zero-order chi connectivity index (χ0) is 31.7. The van der Waals surface area contributed by atoms with Crippen molar-refractivity contribution >= 4 is 39.1 Å². The van der Waals surface area contributed by atoms with Gasteiger partial charge in [-0.05, 0) is 73.0 Å². The Balaban J connectivity index is 1.80. The molecular weight excluding hydrogens is 601 g/mol. The predicted molar refractivity (Wildman–Crippen MR) is 171 cm³/mol. The van der Waals surface area contributed by atoms with Crippen LogP contribution in [0, 0.1) is 5.82 Å². The van der Waals surface area contributed by atoms with E-state index in [0.717, 1.165) is 22.0 Å². The molecule has 0 aliphatic heterocycles. The molecule has 0 heterocycles. The molecule has 7 nitrogen and oxygen atoms in total. The smallest absolute Gasteiger partial charge is 0.264 e. The summed E-state index contributed by atoms with van der Waals surface area (Å²) < 4.78 is 42.7. The Bertz CT molecular complexity index is 1660. The van der Waals surface area contributed by atoms with E-state index < -0.39 is 34.3 Å². The van der Waals surface area contributed by atoms with Gasteiger partial charge in [0.2, 0.25) is 11.8 Å². The topological polar surface area (TPSA) is 86.8 Å². The zero-order valence-corrected chi connectivity index (χ0v) is 26.1. The molecular formula is C34H35ClFN3O4S. The first-order chi connectivity index (χ1) is 21.1. The molecule has 44 heavy (non-hydrogen) atoms. The summed E-state index contributed by atoms with van der Waals surface area (Å²) in [7, 11) is -4.26. The molecule has 10 heteroatoms. The minimum absolute atomic E-state index is 0.00649. The lowest BCUT2D eigenvalue weighted by Gasteiger charge is -2.34. The van der Waals surface area contributed by atoms with Crippen LogP contribution >= 0.6 is 11.6 Å². The van der Waals surface area contributed by atoms with E-state index >= 15 is 0 Å². The number of nitrogens with one attached hydrogen (secondary N) is 1. The van der Waals surface area contributed by atoms with E-state index in [9.17, 15) is 22.4 Å². The number of carbonyl (C=O) groups is 2. The fourth-order valence-electron chi connectivity index (χ4n) is 4.68. The minimum atomic E-state index is -4.26. The summed E-state index contributed by atoms with van der Waals surface area (Å²) in [5.74, 6) is -1.53. The zero-order valence-electron chi connectivity index (χ0n) is 24.6. The molecule has 0 bridgehead atoms. The molecule has 1 N–H and O–H groups in total. The van der Waals surface area contributed by atoms with Crippen LogP contribution in [0.4, 0.5) is 10.1 Å². The predicted octanol–water partition coefficient (Wildman–Crippen LogP) is 6.23. The van der Waals surface area contributed by atoms with Gasteiger partial charge in [-0.2, -0.15) is 0 Å². The van der Waals surface area contributed by atoms with E-state index in [1.165, 1.54) is 29.2 Å². The number of rotatable bonds is 13. The van der Waals surface area contributed by atoms with Crippen LogP contribution in [0.25, 0.3) is 0 Å². The van der Waals surface area contributed by atoms with Crippen molar-refractivity contribution in [2.24, 2.45) is 0 Å². The van der Waals surface area contributed by atoms with Crippen LogP contribution in [-0.4, -0.2) is 43.8 Å². The van der Waals surface area contributed by atoms with Crippen molar-refractivity contribution in [1.29, 1.82) is 0 Å².